The van der Waals surface area contributed by atoms with Crippen molar-refractivity contribution in [3.63, 3.8) is 0 Å². The molecule has 3 nitrogen and oxygen atoms in total. The van der Waals surface area contributed by atoms with Crippen LogP contribution in [0.3, 0.4) is 0 Å². The van der Waals surface area contributed by atoms with Crippen molar-refractivity contribution in [1.29, 1.82) is 0 Å². The van der Waals surface area contributed by atoms with Gasteiger partial charge in [-0.15, -0.1) is 0 Å². The van der Waals surface area contributed by atoms with Crippen molar-refractivity contribution in [2.75, 3.05) is 0 Å². The zero-order valence-electron chi connectivity index (χ0n) is 14.1. The highest BCUT2D eigenvalue weighted by atomic mass is 16.1. The smallest absolute Gasteiger partial charge is 0.155 e. The van der Waals surface area contributed by atoms with Crippen molar-refractivity contribution in [3.8, 4) is 0 Å². The minimum atomic E-state index is -0.427. The summed E-state index contributed by atoms with van der Waals surface area (Å²) in [4.78, 5) is 36.6. The van der Waals surface area contributed by atoms with Crippen molar-refractivity contribution < 1.29 is 14.4 Å². The molecule has 0 N–H and O–H groups in total. The molecule has 4 rings (SSSR count). The van der Waals surface area contributed by atoms with Crippen LogP contribution in [0.1, 0.15) is 58.8 Å². The third-order valence-corrected chi connectivity index (χ3v) is 7.81. The van der Waals surface area contributed by atoms with Gasteiger partial charge in [0.25, 0.3) is 0 Å². The highest BCUT2D eigenvalue weighted by Crippen LogP contribution is 2.64. The summed E-state index contributed by atoms with van der Waals surface area (Å²) in [5.74, 6) is 2.13. The Kier molecular flexibility index (Phi) is 3.24. The molecule has 3 unspecified atom stereocenters. The SMILES string of the molecule is C[C@H]1CC2C(CC[C@]3(C)C(=O)CCC23)[C@@]2(C=O)CCC(=O)C=C12. The van der Waals surface area contributed by atoms with Gasteiger partial charge in [-0.1, -0.05) is 19.4 Å². The molecule has 124 valence electrons. The molecule has 0 aromatic heterocycles. The van der Waals surface area contributed by atoms with Gasteiger partial charge in [-0.25, -0.2) is 0 Å². The predicted molar refractivity (Wildman–Crippen MR) is 86.7 cm³/mol. The van der Waals surface area contributed by atoms with Gasteiger partial charge >= 0.3 is 0 Å². The first-order valence-electron chi connectivity index (χ1n) is 9.17. The second kappa shape index (κ2) is 4.87. The van der Waals surface area contributed by atoms with Crippen molar-refractivity contribution in [2.24, 2.45) is 34.5 Å². The summed E-state index contributed by atoms with van der Waals surface area (Å²) >= 11 is 0. The summed E-state index contributed by atoms with van der Waals surface area (Å²) in [7, 11) is 0. The lowest BCUT2D eigenvalue weighted by atomic mass is 9.45. The number of carbonyl (C=O) groups excluding carboxylic acids is 3. The molecule has 0 amide bonds. The van der Waals surface area contributed by atoms with Crippen LogP contribution in [0.5, 0.6) is 0 Å². The largest absolute Gasteiger partial charge is 0.302 e. The minimum Gasteiger partial charge on any atom is -0.302 e. The van der Waals surface area contributed by atoms with Gasteiger partial charge in [0.2, 0.25) is 0 Å². The van der Waals surface area contributed by atoms with Crippen molar-refractivity contribution in [3.05, 3.63) is 11.6 Å². The highest BCUT2D eigenvalue weighted by molar-refractivity contribution is 5.94. The molecule has 0 radical (unpaired) electrons. The van der Waals surface area contributed by atoms with Crippen molar-refractivity contribution in [1.82, 2.24) is 0 Å². The number of hydrogen-bond acceptors (Lipinski definition) is 3. The van der Waals surface area contributed by atoms with E-state index in [2.05, 4.69) is 13.8 Å². The first-order chi connectivity index (χ1) is 10.9. The lowest BCUT2D eigenvalue weighted by Gasteiger charge is -2.57. The van der Waals surface area contributed by atoms with Gasteiger partial charge < -0.3 is 4.79 Å². The van der Waals surface area contributed by atoms with Crippen molar-refractivity contribution in [2.45, 2.75) is 58.8 Å². The first kappa shape index (κ1) is 15.3. The summed E-state index contributed by atoms with van der Waals surface area (Å²) in [5.41, 5.74) is 0.512. The van der Waals surface area contributed by atoms with E-state index in [0.717, 1.165) is 37.5 Å². The van der Waals surface area contributed by atoms with Crippen LogP contribution in [0.2, 0.25) is 0 Å². The van der Waals surface area contributed by atoms with Gasteiger partial charge in [0.15, 0.2) is 5.78 Å². The monoisotopic (exact) mass is 314 g/mol. The molecule has 0 aromatic rings. The normalized spacial score (nSPS) is 49.0. The van der Waals surface area contributed by atoms with E-state index in [9.17, 15) is 14.4 Å². The van der Waals surface area contributed by atoms with Gasteiger partial charge in [-0.05, 0) is 61.9 Å². The van der Waals surface area contributed by atoms with Gasteiger partial charge in [-0.2, -0.15) is 0 Å². The zero-order chi connectivity index (χ0) is 16.4. The van der Waals surface area contributed by atoms with E-state index in [0.29, 0.717) is 42.8 Å². The summed E-state index contributed by atoms with van der Waals surface area (Å²) in [5, 5.41) is 0. The first-order valence-corrected chi connectivity index (χ1v) is 9.17. The standard InChI is InChI=1S/C20H26O3/c1-12-9-14-15-3-4-18(23)19(15,2)7-6-16(14)20(11-21)8-5-13(22)10-17(12)20/h10-12,14-16H,3-9H2,1-2H3/t12-,14?,15?,16?,19-,20-/m0/s1. The molecule has 3 saturated carbocycles. The van der Waals surface area contributed by atoms with Crippen LogP contribution in [-0.4, -0.2) is 17.9 Å². The Morgan fingerprint density at radius 3 is 2.65 bits per heavy atom. The zero-order valence-corrected chi connectivity index (χ0v) is 14.1. The molecule has 0 aliphatic heterocycles. The third-order valence-electron chi connectivity index (χ3n) is 7.81. The predicted octanol–water partition coefficient (Wildman–Crippen LogP) is 3.51. The maximum atomic E-state index is 12.4. The van der Waals surface area contributed by atoms with Gasteiger partial charge in [-0.3, -0.25) is 9.59 Å². The lowest BCUT2D eigenvalue weighted by Crippen LogP contribution is -2.54. The van der Waals surface area contributed by atoms with Crippen LogP contribution in [0.15, 0.2) is 11.6 Å². The number of carbonyl (C=O) groups is 3. The summed E-state index contributed by atoms with van der Waals surface area (Å²) in [6.07, 6.45) is 8.76. The number of allylic oxidation sites excluding steroid dienone is 1. The molecule has 4 aliphatic rings. The summed E-state index contributed by atoms with van der Waals surface area (Å²) < 4.78 is 0. The minimum absolute atomic E-state index is 0.156. The number of hydrogen-bond donors (Lipinski definition) is 0. The average Bonchev–Trinajstić information content (AvgIpc) is 2.84. The van der Waals surface area contributed by atoms with Crippen LogP contribution in [0, 0.1) is 34.5 Å². The summed E-state index contributed by atoms with van der Waals surface area (Å²) in [6.45, 7) is 4.33. The Morgan fingerprint density at radius 2 is 1.91 bits per heavy atom. The van der Waals surface area contributed by atoms with Crippen LogP contribution in [0.25, 0.3) is 0 Å². The number of Topliss-reactive ketones (excluding diaryl/α,β-unsaturated/α-hetero) is 1. The quantitative estimate of drug-likeness (QED) is 0.696. The Bertz CT molecular complexity index is 618. The lowest BCUT2D eigenvalue weighted by molar-refractivity contribution is -0.137. The Balaban J connectivity index is 1.78. The fourth-order valence-corrected chi connectivity index (χ4v) is 6.63. The maximum Gasteiger partial charge on any atom is 0.155 e. The van der Waals surface area contributed by atoms with E-state index >= 15 is 0 Å². The van der Waals surface area contributed by atoms with Gasteiger partial charge in [0.05, 0.1) is 5.41 Å². The number of fused-ring (bicyclic) bond motifs is 5. The Labute approximate surface area is 137 Å². The molecule has 0 spiro atoms. The van der Waals surface area contributed by atoms with E-state index in [1.54, 1.807) is 6.08 Å². The number of ketones is 2. The summed E-state index contributed by atoms with van der Waals surface area (Å²) in [6, 6.07) is 0. The fourth-order valence-electron chi connectivity index (χ4n) is 6.63. The fraction of sp³-hybridized carbons (Fsp3) is 0.750. The molecule has 4 aliphatic carbocycles. The number of aldehydes is 1. The second-order valence-corrected chi connectivity index (χ2v) is 8.66. The molecule has 0 bridgehead atoms. The topological polar surface area (TPSA) is 51.2 Å². The molecule has 0 saturated heterocycles. The van der Waals surface area contributed by atoms with E-state index in [1.807, 2.05) is 0 Å². The molecule has 3 fully saturated rings. The third kappa shape index (κ3) is 1.85. The molecule has 0 aromatic carbocycles. The van der Waals surface area contributed by atoms with Gasteiger partial charge in [0.1, 0.15) is 12.1 Å². The van der Waals surface area contributed by atoms with E-state index in [-0.39, 0.29) is 17.1 Å². The number of rotatable bonds is 1. The molecular formula is C20H26O3. The Morgan fingerprint density at radius 1 is 1.13 bits per heavy atom. The maximum absolute atomic E-state index is 12.4. The van der Waals surface area contributed by atoms with E-state index < -0.39 is 5.41 Å². The molecule has 0 heterocycles. The molecular weight excluding hydrogens is 288 g/mol. The molecule has 23 heavy (non-hydrogen) atoms. The van der Waals surface area contributed by atoms with E-state index in [4.69, 9.17) is 0 Å². The second-order valence-electron chi connectivity index (χ2n) is 8.66. The molecule has 3 heteroatoms. The van der Waals surface area contributed by atoms with Crippen LogP contribution >= 0.6 is 0 Å². The highest BCUT2D eigenvalue weighted by Gasteiger charge is 2.61. The average molecular weight is 314 g/mol. The van der Waals surface area contributed by atoms with Gasteiger partial charge in [0, 0.05) is 18.3 Å². The van der Waals surface area contributed by atoms with Crippen molar-refractivity contribution >= 4 is 17.9 Å². The van der Waals surface area contributed by atoms with Crippen LogP contribution in [-0.2, 0) is 14.4 Å². The van der Waals surface area contributed by atoms with Crippen LogP contribution < -0.4 is 0 Å². The Hall–Kier alpha value is -1.25. The van der Waals surface area contributed by atoms with E-state index in [1.165, 1.54) is 0 Å². The van der Waals surface area contributed by atoms with Crippen LogP contribution in [0.4, 0.5) is 0 Å². The molecule has 6 atom stereocenters.